The zero-order chi connectivity index (χ0) is 23.5. The molecule has 0 spiro atoms. The molecule has 1 aliphatic carbocycles. The van der Waals surface area contributed by atoms with E-state index in [0.717, 1.165) is 29.7 Å². The van der Waals surface area contributed by atoms with E-state index in [2.05, 4.69) is 0 Å². The molecule has 6 heteroatoms. The summed E-state index contributed by atoms with van der Waals surface area (Å²) in [7, 11) is 1.82. The van der Waals surface area contributed by atoms with Gasteiger partial charge in [0.2, 0.25) is 5.88 Å². The molecule has 1 fully saturated rings. The highest BCUT2D eigenvalue weighted by Crippen LogP contribution is 2.36. The maximum Gasteiger partial charge on any atom is 0.254 e. The number of hydrogen-bond donors (Lipinski definition) is 0. The number of halogens is 1. The van der Waals surface area contributed by atoms with Crippen molar-refractivity contribution >= 4 is 5.91 Å². The lowest BCUT2D eigenvalue weighted by atomic mass is 10.1. The second-order valence-electron chi connectivity index (χ2n) is 8.67. The maximum atomic E-state index is 13.5. The van der Waals surface area contributed by atoms with Crippen molar-refractivity contribution in [2.24, 2.45) is 13.0 Å². The number of rotatable bonds is 8. The Labute approximate surface area is 198 Å². The van der Waals surface area contributed by atoms with Crippen LogP contribution in [0.15, 0.2) is 84.9 Å². The molecule has 5 nitrogen and oxygen atoms in total. The SMILES string of the molecule is Cn1nc(-c2ccccc2)c(CN(CC2CC2)C(=O)c2ccccc2)c1Oc1ccc(F)cc1. The number of nitrogens with zero attached hydrogens (tertiary/aromatic N) is 3. The molecule has 0 aliphatic heterocycles. The summed E-state index contributed by atoms with van der Waals surface area (Å²) in [5, 5.41) is 4.75. The van der Waals surface area contributed by atoms with Crippen LogP contribution in [0.4, 0.5) is 4.39 Å². The van der Waals surface area contributed by atoms with E-state index in [9.17, 15) is 9.18 Å². The van der Waals surface area contributed by atoms with Crippen molar-refractivity contribution in [3.8, 4) is 22.9 Å². The number of hydrogen-bond acceptors (Lipinski definition) is 3. The number of aromatic nitrogens is 2. The fourth-order valence-corrected chi connectivity index (χ4v) is 4.05. The van der Waals surface area contributed by atoms with E-state index in [1.165, 1.54) is 12.1 Å². The fourth-order valence-electron chi connectivity index (χ4n) is 4.05. The normalized spacial score (nSPS) is 13.0. The number of amides is 1. The molecule has 0 unspecified atom stereocenters. The summed E-state index contributed by atoms with van der Waals surface area (Å²) in [6, 6.07) is 25.1. The van der Waals surface area contributed by atoms with Gasteiger partial charge in [-0.25, -0.2) is 9.07 Å². The van der Waals surface area contributed by atoms with Crippen LogP contribution < -0.4 is 4.74 Å². The molecule has 0 radical (unpaired) electrons. The predicted octanol–water partition coefficient (Wildman–Crippen LogP) is 6.07. The smallest absolute Gasteiger partial charge is 0.254 e. The Bertz CT molecular complexity index is 1270. The minimum Gasteiger partial charge on any atom is -0.439 e. The molecule has 3 aromatic carbocycles. The number of carbonyl (C=O) groups is 1. The minimum atomic E-state index is -0.327. The van der Waals surface area contributed by atoms with E-state index >= 15 is 0 Å². The first-order chi connectivity index (χ1) is 16.6. The molecular weight excluding hydrogens is 429 g/mol. The highest BCUT2D eigenvalue weighted by atomic mass is 19.1. The molecule has 0 N–H and O–H groups in total. The maximum absolute atomic E-state index is 13.5. The van der Waals surface area contributed by atoms with E-state index in [-0.39, 0.29) is 11.7 Å². The Hall–Kier alpha value is -3.93. The predicted molar refractivity (Wildman–Crippen MR) is 129 cm³/mol. The number of aryl methyl sites for hydroxylation is 1. The summed E-state index contributed by atoms with van der Waals surface area (Å²) < 4.78 is 21.3. The third-order valence-electron chi connectivity index (χ3n) is 6.00. The van der Waals surface area contributed by atoms with Gasteiger partial charge in [-0.3, -0.25) is 4.79 Å². The van der Waals surface area contributed by atoms with Crippen molar-refractivity contribution in [2.75, 3.05) is 6.54 Å². The monoisotopic (exact) mass is 455 g/mol. The van der Waals surface area contributed by atoms with Gasteiger partial charge in [0.25, 0.3) is 5.91 Å². The average molecular weight is 456 g/mol. The van der Waals surface area contributed by atoms with E-state index in [1.807, 2.05) is 72.6 Å². The molecule has 1 aromatic heterocycles. The second-order valence-corrected chi connectivity index (χ2v) is 8.67. The highest BCUT2D eigenvalue weighted by Gasteiger charge is 2.30. The van der Waals surface area contributed by atoms with Crippen LogP contribution in [0.25, 0.3) is 11.3 Å². The van der Waals surface area contributed by atoms with Gasteiger partial charge in [-0.1, -0.05) is 48.5 Å². The molecule has 1 aliphatic rings. The van der Waals surface area contributed by atoms with Crippen molar-refractivity contribution in [2.45, 2.75) is 19.4 Å². The summed E-state index contributed by atoms with van der Waals surface area (Å²) in [5.41, 5.74) is 3.19. The van der Waals surface area contributed by atoms with Crippen molar-refractivity contribution in [1.82, 2.24) is 14.7 Å². The highest BCUT2D eigenvalue weighted by molar-refractivity contribution is 5.94. The van der Waals surface area contributed by atoms with E-state index < -0.39 is 0 Å². The lowest BCUT2D eigenvalue weighted by Crippen LogP contribution is -2.32. The third-order valence-corrected chi connectivity index (χ3v) is 6.00. The van der Waals surface area contributed by atoms with Crippen LogP contribution in [0.2, 0.25) is 0 Å². The molecule has 4 aromatic rings. The second kappa shape index (κ2) is 9.51. The molecule has 0 bridgehead atoms. The standard InChI is InChI=1S/C28H26FN3O2/c1-31-28(34-24-16-14-23(29)15-17-24)25(26(30-31)21-8-4-2-5-9-21)19-32(18-20-12-13-20)27(33)22-10-6-3-7-11-22/h2-11,14-17,20H,12-13,18-19H2,1H3. The largest absolute Gasteiger partial charge is 0.439 e. The molecule has 172 valence electrons. The van der Waals surface area contributed by atoms with Gasteiger partial charge in [0.05, 0.1) is 12.1 Å². The first-order valence-corrected chi connectivity index (χ1v) is 11.5. The molecule has 0 atom stereocenters. The summed E-state index contributed by atoms with van der Waals surface area (Å²) in [4.78, 5) is 15.4. The van der Waals surface area contributed by atoms with Crippen molar-refractivity contribution in [3.05, 3.63) is 102 Å². The van der Waals surface area contributed by atoms with Crippen LogP contribution in [0.1, 0.15) is 28.8 Å². The van der Waals surface area contributed by atoms with Gasteiger partial charge in [0, 0.05) is 24.7 Å². The van der Waals surface area contributed by atoms with Gasteiger partial charge < -0.3 is 9.64 Å². The first kappa shape index (κ1) is 21.9. The molecular formula is C28H26FN3O2. The summed E-state index contributed by atoms with van der Waals surface area (Å²) >= 11 is 0. The first-order valence-electron chi connectivity index (χ1n) is 11.5. The summed E-state index contributed by atoms with van der Waals surface area (Å²) in [6.45, 7) is 1.05. The summed E-state index contributed by atoms with van der Waals surface area (Å²) in [5.74, 6) is 1.22. The average Bonchev–Trinajstić information content (AvgIpc) is 3.64. The van der Waals surface area contributed by atoms with Crippen LogP contribution in [-0.2, 0) is 13.6 Å². The van der Waals surface area contributed by atoms with Crippen LogP contribution in [0.3, 0.4) is 0 Å². The quantitative estimate of drug-likeness (QED) is 0.324. The number of benzene rings is 3. The Morgan fingerprint density at radius 2 is 1.65 bits per heavy atom. The van der Waals surface area contributed by atoms with Gasteiger partial charge in [-0.05, 0) is 55.2 Å². The Morgan fingerprint density at radius 3 is 2.29 bits per heavy atom. The van der Waals surface area contributed by atoms with Crippen LogP contribution >= 0.6 is 0 Å². The van der Waals surface area contributed by atoms with Crippen LogP contribution in [-0.4, -0.2) is 27.1 Å². The van der Waals surface area contributed by atoms with E-state index in [0.29, 0.717) is 36.2 Å². The molecule has 0 saturated heterocycles. The van der Waals surface area contributed by atoms with E-state index in [1.54, 1.807) is 16.8 Å². The molecule has 1 saturated carbocycles. The lowest BCUT2D eigenvalue weighted by Gasteiger charge is -2.23. The zero-order valence-corrected chi connectivity index (χ0v) is 19.0. The van der Waals surface area contributed by atoms with Gasteiger partial charge in [-0.15, -0.1) is 0 Å². The van der Waals surface area contributed by atoms with Crippen LogP contribution in [0, 0.1) is 11.7 Å². The minimum absolute atomic E-state index is 0.0110. The van der Waals surface area contributed by atoms with Crippen molar-refractivity contribution < 1.29 is 13.9 Å². The molecule has 1 heterocycles. The lowest BCUT2D eigenvalue weighted by molar-refractivity contribution is 0.0734. The zero-order valence-electron chi connectivity index (χ0n) is 19.0. The molecule has 34 heavy (non-hydrogen) atoms. The Balaban J connectivity index is 1.55. The number of ether oxygens (including phenoxy) is 1. The topological polar surface area (TPSA) is 47.4 Å². The van der Waals surface area contributed by atoms with Gasteiger partial charge >= 0.3 is 0 Å². The molecule has 1 amide bonds. The fraction of sp³-hybridized carbons (Fsp3) is 0.214. The van der Waals surface area contributed by atoms with Gasteiger partial charge in [0.1, 0.15) is 17.3 Å². The third kappa shape index (κ3) is 4.86. The summed E-state index contributed by atoms with van der Waals surface area (Å²) in [6.07, 6.45) is 2.27. The van der Waals surface area contributed by atoms with Crippen molar-refractivity contribution in [3.63, 3.8) is 0 Å². The van der Waals surface area contributed by atoms with Gasteiger partial charge in [0.15, 0.2) is 0 Å². The Kier molecular flexibility index (Phi) is 6.12. The van der Waals surface area contributed by atoms with Gasteiger partial charge in [-0.2, -0.15) is 5.10 Å². The molecule has 5 rings (SSSR count). The van der Waals surface area contributed by atoms with E-state index in [4.69, 9.17) is 9.84 Å². The van der Waals surface area contributed by atoms with Crippen molar-refractivity contribution in [1.29, 1.82) is 0 Å². The number of carbonyl (C=O) groups excluding carboxylic acids is 1. The van der Waals surface area contributed by atoms with Crippen LogP contribution in [0.5, 0.6) is 11.6 Å². The Morgan fingerprint density at radius 1 is 1.00 bits per heavy atom.